The molecular formula is C13H16OS. The molecule has 1 aliphatic heterocycles. The number of thioether (sulfide) groups is 1. The summed E-state index contributed by atoms with van der Waals surface area (Å²) < 4.78 is 5.60. The van der Waals surface area contributed by atoms with Gasteiger partial charge >= 0.3 is 0 Å². The first-order valence-electron chi connectivity index (χ1n) is 5.33. The van der Waals surface area contributed by atoms with Crippen LogP contribution in [0.1, 0.15) is 12.0 Å². The summed E-state index contributed by atoms with van der Waals surface area (Å²) in [6, 6.07) is 8.63. The monoisotopic (exact) mass is 220 g/mol. The second-order valence-corrected chi connectivity index (χ2v) is 5.05. The van der Waals surface area contributed by atoms with Crippen molar-refractivity contribution in [3.8, 4) is 0 Å². The number of ether oxygens (including phenoxy) is 1. The Morgan fingerprint density at radius 3 is 3.13 bits per heavy atom. The van der Waals surface area contributed by atoms with Crippen molar-refractivity contribution in [1.29, 1.82) is 0 Å². The topological polar surface area (TPSA) is 9.23 Å². The highest BCUT2D eigenvalue weighted by atomic mass is 32.2. The number of hydrogen-bond donors (Lipinski definition) is 0. The summed E-state index contributed by atoms with van der Waals surface area (Å²) in [4.78, 5) is 1.43. The molecule has 0 amide bonds. The second kappa shape index (κ2) is 5.38. The third-order valence-electron chi connectivity index (χ3n) is 2.48. The third kappa shape index (κ3) is 2.86. The third-order valence-corrected chi connectivity index (χ3v) is 3.77. The van der Waals surface area contributed by atoms with Crippen LogP contribution in [0.2, 0.25) is 0 Å². The molecule has 1 aliphatic rings. The highest BCUT2D eigenvalue weighted by Crippen LogP contribution is 2.36. The van der Waals surface area contributed by atoms with E-state index in [0.29, 0.717) is 5.25 Å². The molecule has 80 valence electrons. The maximum Gasteiger partial charge on any atom is 0.0591 e. The van der Waals surface area contributed by atoms with Gasteiger partial charge in [-0.15, -0.1) is 18.3 Å². The fraction of sp³-hybridized carbons (Fsp3) is 0.385. The predicted octanol–water partition coefficient (Wildman–Crippen LogP) is 3.30. The minimum absolute atomic E-state index is 0.604. The SMILES string of the molecule is C=CCCOCC1Cc2ccccc2S1. The normalized spacial score (nSPS) is 18.8. The Hall–Kier alpha value is -0.730. The van der Waals surface area contributed by atoms with Crippen LogP contribution in [0.25, 0.3) is 0 Å². The van der Waals surface area contributed by atoms with Crippen LogP contribution >= 0.6 is 11.8 Å². The Morgan fingerprint density at radius 2 is 2.33 bits per heavy atom. The summed E-state index contributed by atoms with van der Waals surface area (Å²) in [6.07, 6.45) is 4.00. The van der Waals surface area contributed by atoms with E-state index >= 15 is 0 Å². The lowest BCUT2D eigenvalue weighted by Crippen LogP contribution is -2.11. The Morgan fingerprint density at radius 1 is 1.47 bits per heavy atom. The van der Waals surface area contributed by atoms with Gasteiger partial charge in [-0.25, -0.2) is 0 Å². The molecule has 15 heavy (non-hydrogen) atoms. The summed E-state index contributed by atoms with van der Waals surface area (Å²) in [5.41, 5.74) is 1.47. The van der Waals surface area contributed by atoms with Gasteiger partial charge in [-0.05, 0) is 24.5 Å². The van der Waals surface area contributed by atoms with E-state index in [0.717, 1.165) is 26.1 Å². The zero-order valence-electron chi connectivity index (χ0n) is 8.82. The summed E-state index contributed by atoms with van der Waals surface area (Å²) in [5.74, 6) is 0. The zero-order valence-corrected chi connectivity index (χ0v) is 9.63. The first-order chi connectivity index (χ1) is 7.40. The van der Waals surface area contributed by atoms with E-state index in [9.17, 15) is 0 Å². The van der Waals surface area contributed by atoms with Crippen LogP contribution in [0.3, 0.4) is 0 Å². The van der Waals surface area contributed by atoms with E-state index < -0.39 is 0 Å². The minimum Gasteiger partial charge on any atom is -0.380 e. The number of benzene rings is 1. The molecule has 0 spiro atoms. The van der Waals surface area contributed by atoms with Gasteiger partial charge in [-0.3, -0.25) is 0 Å². The van der Waals surface area contributed by atoms with E-state index in [4.69, 9.17) is 4.74 Å². The van der Waals surface area contributed by atoms with Gasteiger partial charge in [-0.2, -0.15) is 0 Å². The second-order valence-electron chi connectivity index (χ2n) is 3.70. The molecule has 0 saturated heterocycles. The molecule has 2 rings (SSSR count). The van der Waals surface area contributed by atoms with Crippen molar-refractivity contribution in [2.24, 2.45) is 0 Å². The smallest absolute Gasteiger partial charge is 0.0591 e. The lowest BCUT2D eigenvalue weighted by atomic mass is 10.1. The summed E-state index contributed by atoms with van der Waals surface area (Å²) in [7, 11) is 0. The Balaban J connectivity index is 1.78. The predicted molar refractivity (Wildman–Crippen MR) is 65.4 cm³/mol. The highest BCUT2D eigenvalue weighted by Gasteiger charge is 2.21. The van der Waals surface area contributed by atoms with Gasteiger partial charge in [0.15, 0.2) is 0 Å². The van der Waals surface area contributed by atoms with Crippen molar-refractivity contribution in [3.63, 3.8) is 0 Å². The molecule has 0 saturated carbocycles. The van der Waals surface area contributed by atoms with Crippen LogP contribution in [0.5, 0.6) is 0 Å². The summed E-state index contributed by atoms with van der Waals surface area (Å²) in [5, 5.41) is 0.604. The fourth-order valence-corrected chi connectivity index (χ4v) is 2.97. The highest BCUT2D eigenvalue weighted by molar-refractivity contribution is 8.00. The molecule has 1 heterocycles. The van der Waals surface area contributed by atoms with Gasteiger partial charge in [0.2, 0.25) is 0 Å². The van der Waals surface area contributed by atoms with E-state index in [1.807, 2.05) is 17.8 Å². The average Bonchev–Trinajstić information content (AvgIpc) is 2.67. The van der Waals surface area contributed by atoms with E-state index in [-0.39, 0.29) is 0 Å². The number of fused-ring (bicyclic) bond motifs is 1. The van der Waals surface area contributed by atoms with Gasteiger partial charge in [0.25, 0.3) is 0 Å². The van der Waals surface area contributed by atoms with Crippen molar-refractivity contribution in [2.45, 2.75) is 23.0 Å². The maximum atomic E-state index is 5.60. The standard InChI is InChI=1S/C13H16OS/c1-2-3-8-14-10-12-9-11-6-4-5-7-13(11)15-12/h2,4-7,12H,1,3,8-10H2. The van der Waals surface area contributed by atoms with E-state index in [1.165, 1.54) is 10.5 Å². The summed E-state index contributed by atoms with van der Waals surface area (Å²) in [6.45, 7) is 5.33. The molecule has 0 radical (unpaired) electrons. The quantitative estimate of drug-likeness (QED) is 0.556. The Labute approximate surface area is 95.5 Å². The Kier molecular flexibility index (Phi) is 3.87. The molecular weight excluding hydrogens is 204 g/mol. The van der Waals surface area contributed by atoms with Crippen LogP contribution in [-0.2, 0) is 11.2 Å². The molecule has 1 atom stereocenters. The fourth-order valence-electron chi connectivity index (χ4n) is 1.73. The molecule has 0 bridgehead atoms. The van der Waals surface area contributed by atoms with Crippen LogP contribution < -0.4 is 0 Å². The largest absolute Gasteiger partial charge is 0.380 e. The molecule has 1 aromatic carbocycles. The average molecular weight is 220 g/mol. The van der Waals surface area contributed by atoms with Crippen molar-refractivity contribution < 1.29 is 4.74 Å². The zero-order chi connectivity index (χ0) is 10.5. The van der Waals surface area contributed by atoms with Crippen molar-refractivity contribution in [2.75, 3.05) is 13.2 Å². The number of rotatable bonds is 5. The molecule has 0 aromatic heterocycles. The molecule has 2 heteroatoms. The lowest BCUT2D eigenvalue weighted by Gasteiger charge is -2.08. The van der Waals surface area contributed by atoms with Crippen molar-refractivity contribution >= 4 is 11.8 Å². The first kappa shape index (κ1) is 10.8. The van der Waals surface area contributed by atoms with Crippen molar-refractivity contribution in [3.05, 3.63) is 42.5 Å². The van der Waals surface area contributed by atoms with E-state index in [1.54, 1.807) is 0 Å². The van der Waals surface area contributed by atoms with Crippen molar-refractivity contribution in [1.82, 2.24) is 0 Å². The Bertz CT molecular complexity index is 310. The molecule has 0 fully saturated rings. The summed E-state index contributed by atoms with van der Waals surface area (Å²) >= 11 is 1.94. The molecule has 1 nitrogen and oxygen atoms in total. The van der Waals surface area contributed by atoms with Crippen LogP contribution in [0.15, 0.2) is 41.8 Å². The van der Waals surface area contributed by atoms with Crippen LogP contribution in [0.4, 0.5) is 0 Å². The van der Waals surface area contributed by atoms with Crippen LogP contribution in [0, 0.1) is 0 Å². The molecule has 0 N–H and O–H groups in total. The number of hydrogen-bond acceptors (Lipinski definition) is 2. The van der Waals surface area contributed by atoms with Gasteiger partial charge < -0.3 is 4.74 Å². The molecule has 1 unspecified atom stereocenters. The van der Waals surface area contributed by atoms with Gasteiger partial charge in [0.1, 0.15) is 0 Å². The van der Waals surface area contributed by atoms with Gasteiger partial charge in [0, 0.05) is 10.1 Å². The molecule has 0 aliphatic carbocycles. The molecule has 1 aromatic rings. The minimum atomic E-state index is 0.604. The lowest BCUT2D eigenvalue weighted by molar-refractivity contribution is 0.140. The van der Waals surface area contributed by atoms with Crippen LogP contribution in [-0.4, -0.2) is 18.5 Å². The van der Waals surface area contributed by atoms with Gasteiger partial charge in [-0.1, -0.05) is 24.3 Å². The maximum absolute atomic E-state index is 5.60. The first-order valence-corrected chi connectivity index (χ1v) is 6.21. The van der Waals surface area contributed by atoms with E-state index in [2.05, 4.69) is 30.8 Å². The van der Waals surface area contributed by atoms with Gasteiger partial charge in [0.05, 0.1) is 13.2 Å².